The highest BCUT2D eigenvalue weighted by molar-refractivity contribution is 6.36. The summed E-state index contributed by atoms with van der Waals surface area (Å²) in [5.74, 6) is 0. The summed E-state index contributed by atoms with van der Waals surface area (Å²) in [5.41, 5.74) is 8.82. The molecule has 0 unspecified atom stereocenters. The van der Waals surface area contributed by atoms with Gasteiger partial charge in [0.25, 0.3) is 11.4 Å². The highest BCUT2D eigenvalue weighted by Crippen LogP contribution is 2.40. The van der Waals surface area contributed by atoms with Crippen LogP contribution >= 0.6 is 11.6 Å². The number of nitrogens with one attached hydrogen (secondary N) is 2. The summed E-state index contributed by atoms with van der Waals surface area (Å²) in [6, 6.07) is 82.4. The van der Waals surface area contributed by atoms with E-state index in [1.807, 2.05) is 103 Å². The van der Waals surface area contributed by atoms with Crippen LogP contribution in [0.25, 0.3) is 120 Å². The standard InChI is InChI=1S/C42H28N2O2.C24H15ClN2O2.C4H8O/c45-44(46)40-24-12-23-39-37-20-10-8-18-35(37)34-17-7-9-19-36(34)38-22-11-21-33(41(38)43-42(39)40)32-26-30(28-13-3-1-4-14-28)25-31(27-32)29-15-5-2-6-16-29;25-21-13-5-11-19-17-9-3-1-7-15(17)16-8-2-4-10-18(16)20-12-6-14-22(27(28)29)24(20)26-23(19)21;1-2-4-5-3-1/h1-27,43H;1-14,26H;1-4H2. The number of para-hydroxylation sites is 4. The van der Waals surface area contributed by atoms with Gasteiger partial charge in [-0.3, -0.25) is 20.2 Å². The fraction of sp³-hybridized carbons (Fsp3) is 0.0571. The SMILES string of the molecule is C1CCOC1.O=[N+]([O-])c1cccc2c1[nH]c1c(-c3cc(-c4ccccc4)cc(-c4ccccc4)c3)cccc1c1ccccc1c1ccccc21.O=[N+]([O-])c1cccc2c1[nH]c1c(Cl)cccc1c1ccccc1c1ccccc21. The summed E-state index contributed by atoms with van der Waals surface area (Å²) in [5, 5.41) is 36.3. The van der Waals surface area contributed by atoms with Crippen molar-refractivity contribution in [1.29, 1.82) is 0 Å². The molecule has 0 radical (unpaired) electrons. The number of H-pyrrole nitrogens is 2. The van der Waals surface area contributed by atoms with Crippen LogP contribution in [-0.4, -0.2) is 33.0 Å². The van der Waals surface area contributed by atoms with Crippen molar-refractivity contribution in [2.75, 3.05) is 13.2 Å². The normalized spacial score (nSPS) is 12.0. The Morgan fingerprint density at radius 1 is 0.325 bits per heavy atom. The summed E-state index contributed by atoms with van der Waals surface area (Å²) in [7, 11) is 0. The quantitative estimate of drug-likeness (QED) is 0.131. The van der Waals surface area contributed by atoms with Gasteiger partial charge in [0, 0.05) is 52.5 Å². The van der Waals surface area contributed by atoms with Crippen molar-refractivity contribution in [3.8, 4) is 33.4 Å². The molecular formula is C70H51ClN4O5. The topological polar surface area (TPSA) is 127 Å². The number of aromatic nitrogens is 2. The van der Waals surface area contributed by atoms with Crippen LogP contribution in [0.4, 0.5) is 11.4 Å². The molecule has 0 saturated carbocycles. The molecule has 10 heteroatoms. The van der Waals surface area contributed by atoms with Gasteiger partial charge in [0.2, 0.25) is 0 Å². The first-order valence-corrected chi connectivity index (χ1v) is 26.9. The van der Waals surface area contributed by atoms with Crippen molar-refractivity contribution in [3.63, 3.8) is 0 Å². The first kappa shape index (κ1) is 50.9. The van der Waals surface area contributed by atoms with Crippen LogP contribution in [0.15, 0.2) is 249 Å². The molecule has 1 aliphatic rings. The Kier molecular flexibility index (Phi) is 14.4. The van der Waals surface area contributed by atoms with E-state index in [0.717, 1.165) is 117 Å². The molecule has 3 heterocycles. The first-order valence-electron chi connectivity index (χ1n) is 26.5. The lowest BCUT2D eigenvalue weighted by Crippen LogP contribution is -1.92. The van der Waals surface area contributed by atoms with Gasteiger partial charge >= 0.3 is 0 Å². The van der Waals surface area contributed by atoms with E-state index in [-0.39, 0.29) is 21.2 Å². The number of fused-ring (bicyclic) bond motifs is 14. The monoisotopic (exact) mass is 1060 g/mol. The van der Waals surface area contributed by atoms with Crippen molar-refractivity contribution in [3.05, 3.63) is 274 Å². The molecule has 2 aromatic heterocycles. The van der Waals surface area contributed by atoms with Crippen LogP contribution < -0.4 is 0 Å². The molecule has 13 aromatic rings. The van der Waals surface area contributed by atoms with Crippen molar-refractivity contribution >= 4 is 110 Å². The summed E-state index contributed by atoms with van der Waals surface area (Å²) < 4.78 is 4.94. The largest absolute Gasteiger partial charge is 0.381 e. The van der Waals surface area contributed by atoms with Gasteiger partial charge in [-0.2, -0.15) is 0 Å². The maximum atomic E-state index is 12.5. The lowest BCUT2D eigenvalue weighted by Gasteiger charge is -2.13. The van der Waals surface area contributed by atoms with E-state index >= 15 is 0 Å². The molecule has 1 saturated heterocycles. The van der Waals surface area contributed by atoms with E-state index in [1.54, 1.807) is 24.3 Å². The molecule has 14 rings (SSSR count). The number of non-ortho nitro benzene ring substituents is 2. The van der Waals surface area contributed by atoms with Gasteiger partial charge in [0.1, 0.15) is 11.0 Å². The lowest BCUT2D eigenvalue weighted by atomic mass is 9.92. The summed E-state index contributed by atoms with van der Waals surface area (Å²) in [6.07, 6.45) is 2.56. The average molecular weight is 1060 g/mol. The molecule has 0 amide bonds. The van der Waals surface area contributed by atoms with Gasteiger partial charge in [-0.15, -0.1) is 0 Å². The minimum atomic E-state index is -0.365. The van der Waals surface area contributed by atoms with E-state index in [2.05, 4.69) is 125 Å². The van der Waals surface area contributed by atoms with Crippen molar-refractivity contribution in [2.24, 2.45) is 0 Å². The Morgan fingerprint density at radius 3 is 1.02 bits per heavy atom. The van der Waals surface area contributed by atoms with Crippen LogP contribution in [0.5, 0.6) is 0 Å². The van der Waals surface area contributed by atoms with Gasteiger partial charge in [-0.05, 0) is 108 Å². The highest BCUT2D eigenvalue weighted by atomic mass is 35.5. The molecule has 1 aliphatic heterocycles. The van der Waals surface area contributed by atoms with E-state index in [1.165, 1.54) is 18.9 Å². The zero-order valence-electron chi connectivity index (χ0n) is 43.3. The van der Waals surface area contributed by atoms with Crippen LogP contribution in [0, 0.1) is 20.2 Å². The summed E-state index contributed by atoms with van der Waals surface area (Å²) >= 11 is 6.57. The summed E-state index contributed by atoms with van der Waals surface area (Å²) in [4.78, 5) is 30.6. The molecule has 80 heavy (non-hydrogen) atoms. The van der Waals surface area contributed by atoms with Crippen LogP contribution in [0.1, 0.15) is 12.8 Å². The fourth-order valence-corrected chi connectivity index (χ4v) is 11.3. The number of halogens is 1. The summed E-state index contributed by atoms with van der Waals surface area (Å²) in [6.45, 7) is 2.00. The van der Waals surface area contributed by atoms with Crippen LogP contribution in [0.2, 0.25) is 5.02 Å². The Balaban J connectivity index is 0.000000159. The Hall–Kier alpha value is -9.93. The third kappa shape index (κ3) is 9.99. The number of nitro groups is 2. The third-order valence-electron chi connectivity index (χ3n) is 14.8. The number of benzene rings is 11. The van der Waals surface area contributed by atoms with Gasteiger partial charge in [0.15, 0.2) is 0 Å². The average Bonchev–Trinajstić information content (AvgIpc) is 4.21. The van der Waals surface area contributed by atoms with Crippen molar-refractivity contribution in [1.82, 2.24) is 9.97 Å². The number of nitrogens with zero attached hydrogens (tertiary/aromatic N) is 2. The highest BCUT2D eigenvalue weighted by Gasteiger charge is 2.18. The number of aromatic amines is 2. The number of rotatable bonds is 5. The molecular weight excluding hydrogens is 1010 g/mol. The molecule has 2 N–H and O–H groups in total. The number of ether oxygens (including phenoxy) is 1. The third-order valence-corrected chi connectivity index (χ3v) is 15.1. The Morgan fingerprint density at radius 2 is 0.637 bits per heavy atom. The molecule has 1 fully saturated rings. The number of hydrogen-bond acceptors (Lipinski definition) is 5. The minimum absolute atomic E-state index is 0.00845. The molecule has 0 bridgehead atoms. The number of hydrogen-bond donors (Lipinski definition) is 2. The van der Waals surface area contributed by atoms with E-state index in [4.69, 9.17) is 16.3 Å². The van der Waals surface area contributed by atoms with E-state index in [0.29, 0.717) is 21.6 Å². The van der Waals surface area contributed by atoms with Crippen LogP contribution in [-0.2, 0) is 4.74 Å². The second-order valence-corrected chi connectivity index (χ2v) is 20.0. The lowest BCUT2D eigenvalue weighted by molar-refractivity contribution is -0.383. The van der Waals surface area contributed by atoms with E-state index in [9.17, 15) is 20.2 Å². The predicted molar refractivity (Wildman–Crippen MR) is 332 cm³/mol. The van der Waals surface area contributed by atoms with Gasteiger partial charge in [-0.1, -0.05) is 224 Å². The van der Waals surface area contributed by atoms with Gasteiger partial charge in [-0.25, -0.2) is 0 Å². The zero-order chi connectivity index (χ0) is 54.5. The van der Waals surface area contributed by atoms with Gasteiger partial charge < -0.3 is 14.7 Å². The second kappa shape index (κ2) is 22.6. The number of nitro benzene ring substituents is 2. The van der Waals surface area contributed by atoms with Crippen LogP contribution in [0.3, 0.4) is 0 Å². The molecule has 11 aromatic carbocycles. The fourth-order valence-electron chi connectivity index (χ4n) is 11.1. The maximum Gasteiger partial charge on any atom is 0.293 e. The molecule has 9 nitrogen and oxygen atoms in total. The van der Waals surface area contributed by atoms with E-state index < -0.39 is 0 Å². The predicted octanol–water partition coefficient (Wildman–Crippen LogP) is 19.8. The Bertz CT molecular complexity index is 4600. The second-order valence-electron chi connectivity index (χ2n) is 19.6. The molecule has 388 valence electrons. The maximum absolute atomic E-state index is 12.5. The first-order chi connectivity index (χ1) is 39.3. The minimum Gasteiger partial charge on any atom is -0.381 e. The van der Waals surface area contributed by atoms with Gasteiger partial charge in [0.05, 0.1) is 25.9 Å². The smallest absolute Gasteiger partial charge is 0.293 e. The molecule has 0 spiro atoms. The van der Waals surface area contributed by atoms with Crippen molar-refractivity contribution in [2.45, 2.75) is 12.8 Å². The van der Waals surface area contributed by atoms with Crippen molar-refractivity contribution < 1.29 is 14.6 Å². The Labute approximate surface area is 465 Å². The molecule has 0 atom stereocenters. The molecule has 0 aliphatic carbocycles. The zero-order valence-corrected chi connectivity index (χ0v) is 44.1.